The third-order valence-electron chi connectivity index (χ3n) is 0.940. The van der Waals surface area contributed by atoms with Gasteiger partial charge in [0.25, 0.3) is 0 Å². The summed E-state index contributed by atoms with van der Waals surface area (Å²) in [6, 6.07) is 0. The number of halogens is 1. The third-order valence-corrected chi connectivity index (χ3v) is 6.46. The fraction of sp³-hybridized carbons (Fsp3) is 0. The van der Waals surface area contributed by atoms with Gasteiger partial charge in [-0.2, -0.15) is 0 Å². The van der Waals surface area contributed by atoms with Crippen LogP contribution >= 0.6 is 14.1 Å². The van der Waals surface area contributed by atoms with Crippen LogP contribution in [-0.2, 0) is 8.93 Å². The molecule has 0 bridgehead atoms. The van der Waals surface area contributed by atoms with Gasteiger partial charge in [0, 0.05) is 0 Å². The van der Waals surface area contributed by atoms with Crippen molar-refractivity contribution in [2.45, 2.75) is 0 Å². The van der Waals surface area contributed by atoms with Crippen molar-refractivity contribution < 1.29 is 8.93 Å². The van der Waals surface area contributed by atoms with Crippen LogP contribution in [0.1, 0.15) is 0 Å². The van der Waals surface area contributed by atoms with E-state index in [4.69, 9.17) is 26.3 Å². The van der Waals surface area contributed by atoms with Crippen molar-refractivity contribution in [3.8, 4) is 24.8 Å². The van der Waals surface area contributed by atoms with Crippen LogP contribution in [0.15, 0.2) is 0 Å². The van der Waals surface area contributed by atoms with E-state index in [1.165, 1.54) is 24.8 Å². The Morgan fingerprint density at radius 3 is 0.833 bits per heavy atom. The van der Waals surface area contributed by atoms with Crippen LogP contribution in [0.25, 0.3) is 0 Å². The molecule has 0 aliphatic heterocycles. The Labute approximate surface area is 74.3 Å². The van der Waals surface area contributed by atoms with Crippen molar-refractivity contribution in [3.05, 3.63) is 0 Å². The molecule has 0 aliphatic rings. The predicted octanol–water partition coefficient (Wildman–Crippen LogP) is 0.927. The fourth-order valence-electron chi connectivity index (χ4n) is 0.177. The van der Waals surface area contributed by atoms with Crippen molar-refractivity contribution in [2.75, 3.05) is 0 Å². The van der Waals surface area contributed by atoms with Gasteiger partial charge < -0.3 is 0 Å². The topological polar surface area (TPSA) is 119 Å². The molecule has 7 heteroatoms. The van der Waals surface area contributed by atoms with Gasteiger partial charge in [0.1, 0.15) is 0 Å². The molecule has 0 unspecified atom stereocenters. The summed E-state index contributed by atoms with van der Waals surface area (Å²) in [5.41, 5.74) is 0. The summed E-state index contributed by atoms with van der Waals surface area (Å²) in [5.74, 6) is 0. The van der Waals surface area contributed by atoms with Crippen LogP contribution in [0.3, 0.4) is 0 Å². The van der Waals surface area contributed by atoms with E-state index in [1.807, 2.05) is 0 Å². The second-order valence-corrected chi connectivity index (χ2v) is 12.4. The van der Waals surface area contributed by atoms with Gasteiger partial charge in [0.15, 0.2) is 0 Å². The molecule has 0 spiro atoms. The first-order valence-electron chi connectivity index (χ1n) is 2.14. The minimum absolute atomic E-state index is 1.22. The van der Waals surface area contributed by atoms with Crippen LogP contribution in [-0.4, -0.2) is 0 Å². The average Bonchev–Trinajstić information content (AvgIpc) is 2.19. The van der Waals surface area contributed by atoms with Gasteiger partial charge in [-0.25, -0.2) is 0 Å². The SMILES string of the molecule is N#[C][Fe]([Br])([C]#N)([C]#N)([C]#N)[C]#N. The maximum atomic E-state index is 8.56. The van der Waals surface area contributed by atoms with Gasteiger partial charge >= 0.3 is 74.2 Å². The first-order valence-corrected chi connectivity index (χ1v) is 7.63. The van der Waals surface area contributed by atoms with E-state index in [2.05, 4.69) is 14.1 Å². The van der Waals surface area contributed by atoms with Gasteiger partial charge in [-0.3, -0.25) is 0 Å². The second-order valence-electron chi connectivity index (χ2n) is 1.61. The summed E-state index contributed by atoms with van der Waals surface area (Å²) >= 11 is 2.44. The van der Waals surface area contributed by atoms with E-state index < -0.39 is 8.93 Å². The molecule has 0 aliphatic carbocycles. The summed E-state index contributed by atoms with van der Waals surface area (Å²) in [7, 11) is -5.62. The molecule has 0 aromatic rings. The minimum atomic E-state index is -5.62. The first kappa shape index (κ1) is 10.4. The van der Waals surface area contributed by atoms with Gasteiger partial charge in [0.2, 0.25) is 0 Å². The van der Waals surface area contributed by atoms with Crippen LogP contribution in [0.2, 0.25) is 0 Å². The maximum absolute atomic E-state index is 8.56. The first-order chi connectivity index (χ1) is 5.39. The molecule has 0 heterocycles. The number of hydrogen-bond acceptors (Lipinski definition) is 5. The summed E-state index contributed by atoms with van der Waals surface area (Å²) < 4.78 is 0. The van der Waals surface area contributed by atoms with Gasteiger partial charge in [-0.05, 0) is 0 Å². The number of hydrogen-bond donors (Lipinski definition) is 0. The molecule has 60 valence electrons. The summed E-state index contributed by atoms with van der Waals surface area (Å²) in [4.78, 5) is 6.11. The zero-order valence-corrected chi connectivity index (χ0v) is 8.16. The quantitative estimate of drug-likeness (QED) is 0.604. The van der Waals surface area contributed by atoms with Crippen molar-refractivity contribution >= 4 is 14.1 Å². The Hall–Kier alpha value is -1.55. The van der Waals surface area contributed by atoms with Crippen molar-refractivity contribution in [1.29, 1.82) is 26.3 Å². The number of nitriles is 5. The Kier molecular flexibility index (Phi) is 1.73. The number of rotatable bonds is 0. The van der Waals surface area contributed by atoms with Crippen LogP contribution in [0.5, 0.6) is 0 Å². The Bertz CT molecular complexity index is 352. The van der Waals surface area contributed by atoms with Crippen molar-refractivity contribution in [1.82, 2.24) is 0 Å². The van der Waals surface area contributed by atoms with E-state index in [9.17, 15) is 0 Å². The zero-order valence-electron chi connectivity index (χ0n) is 5.47. The average molecular weight is 266 g/mol. The molecule has 0 aromatic heterocycles. The molecule has 0 rings (SSSR count). The molecule has 5 nitrogen and oxygen atoms in total. The molecular weight excluding hydrogens is 266 g/mol. The molecule has 0 saturated heterocycles. The third kappa shape index (κ3) is 0.853. The predicted molar refractivity (Wildman–Crippen MR) is 37.0 cm³/mol. The molecular formula is C5BrFeN5. The van der Waals surface area contributed by atoms with Crippen LogP contribution < -0.4 is 0 Å². The Morgan fingerprint density at radius 1 is 0.667 bits per heavy atom. The normalized spacial score (nSPS) is 14.3. The fourth-order valence-corrected chi connectivity index (χ4v) is 0.729. The summed E-state index contributed by atoms with van der Waals surface area (Å²) in [6.45, 7) is 0. The monoisotopic (exact) mass is 265 g/mol. The van der Waals surface area contributed by atoms with Gasteiger partial charge in [-0.15, -0.1) is 0 Å². The van der Waals surface area contributed by atoms with Gasteiger partial charge in [-0.1, -0.05) is 0 Å². The van der Waals surface area contributed by atoms with Crippen LogP contribution in [0, 0.1) is 51.1 Å². The Morgan fingerprint density at radius 2 is 0.833 bits per heavy atom. The molecule has 0 N–H and O–H groups in total. The molecule has 0 radical (unpaired) electrons. The molecule has 0 aromatic carbocycles. The van der Waals surface area contributed by atoms with E-state index in [0.717, 1.165) is 0 Å². The summed E-state index contributed by atoms with van der Waals surface area (Å²) in [6.07, 6.45) is 0. The molecule has 0 amide bonds. The van der Waals surface area contributed by atoms with E-state index in [-0.39, 0.29) is 0 Å². The van der Waals surface area contributed by atoms with E-state index >= 15 is 0 Å². The summed E-state index contributed by atoms with van der Waals surface area (Å²) in [5, 5.41) is 42.8. The molecule has 0 fully saturated rings. The Balaban J connectivity index is 6.52. The van der Waals surface area contributed by atoms with Crippen molar-refractivity contribution in [2.24, 2.45) is 0 Å². The van der Waals surface area contributed by atoms with E-state index in [0.29, 0.717) is 0 Å². The molecule has 0 saturated carbocycles. The molecule has 0 atom stereocenters. The number of nitrogens with zero attached hydrogens (tertiary/aromatic N) is 5. The zero-order chi connectivity index (χ0) is 9.94. The van der Waals surface area contributed by atoms with Gasteiger partial charge in [0.05, 0.1) is 0 Å². The second kappa shape index (κ2) is 1.98. The van der Waals surface area contributed by atoms with E-state index in [1.54, 1.807) is 0 Å². The standard InChI is InChI=1S/5CN.BrH.Fe/c5*1-2;;/h;;;;;1H;/q;;;;;;+1/p-1. The van der Waals surface area contributed by atoms with Crippen molar-refractivity contribution in [3.63, 3.8) is 0 Å². The molecule has 12 heavy (non-hydrogen) atoms. The van der Waals surface area contributed by atoms with Crippen LogP contribution in [0.4, 0.5) is 0 Å².